The van der Waals surface area contributed by atoms with Gasteiger partial charge in [0, 0.05) is 39.2 Å². The molecule has 4 aromatic rings. The van der Waals surface area contributed by atoms with Crippen LogP contribution in [0.2, 0.25) is 5.02 Å². The Hall–Kier alpha value is -4.70. The summed E-state index contributed by atoms with van der Waals surface area (Å²) in [4.78, 5) is 29.0. The number of benzene rings is 3. The number of nitrogens with two attached hydrogens (primary N) is 2. The first-order valence-corrected chi connectivity index (χ1v) is 11.3. The van der Waals surface area contributed by atoms with Gasteiger partial charge in [-0.1, -0.05) is 31.2 Å². The van der Waals surface area contributed by atoms with E-state index in [1.165, 1.54) is 18.2 Å². The van der Waals surface area contributed by atoms with Gasteiger partial charge in [-0.25, -0.2) is 18.7 Å². The van der Waals surface area contributed by atoms with Crippen molar-refractivity contribution < 1.29 is 13.6 Å². The summed E-state index contributed by atoms with van der Waals surface area (Å²) in [6.45, 7) is 0.104. The summed E-state index contributed by atoms with van der Waals surface area (Å²) < 4.78 is 29.4. The molecule has 0 spiro atoms. The smallest absolute Gasteiger partial charge is 0.280 e. The Bertz CT molecular complexity index is 1580. The number of nitrogens with one attached hydrogen (secondary N) is 1. The largest absolute Gasteiger partial charge is 0.370 e. The van der Waals surface area contributed by atoms with Crippen molar-refractivity contribution in [1.29, 1.82) is 0 Å². The van der Waals surface area contributed by atoms with Crippen molar-refractivity contribution in [2.24, 2.45) is 21.5 Å². The van der Waals surface area contributed by atoms with Gasteiger partial charge in [-0.3, -0.25) is 9.79 Å². The zero-order chi connectivity index (χ0) is 26.1. The first-order chi connectivity index (χ1) is 17.8. The number of aliphatic imine (C=N–C) groups is 2. The number of carbonyl (C=O) groups excluding carboxylic acids is 1. The minimum absolute atomic E-state index is 0. The molecule has 3 aromatic carbocycles. The normalized spacial score (nSPS) is 11.7. The minimum Gasteiger partial charge on any atom is -0.370 e. The molecule has 1 aliphatic heterocycles. The minimum atomic E-state index is -0.731. The van der Waals surface area contributed by atoms with Crippen LogP contribution in [0.25, 0.3) is 11.3 Å². The highest BCUT2D eigenvalue weighted by molar-refractivity contribution is 6.31. The lowest BCUT2D eigenvalue weighted by molar-refractivity contribution is 0.100. The van der Waals surface area contributed by atoms with Crippen molar-refractivity contribution in [2.75, 3.05) is 5.32 Å². The SMILES string of the molecule is C.NC(N)=NC(=O)c1ccc(Nc2ncc3c(n2)-c2ccc(Cl)cc2C(c2c(F)cccc2F)=NC3)cc1. The molecule has 1 aromatic heterocycles. The Labute approximate surface area is 222 Å². The van der Waals surface area contributed by atoms with Crippen LogP contribution in [0.1, 0.15) is 34.5 Å². The van der Waals surface area contributed by atoms with E-state index in [0.717, 1.165) is 0 Å². The Morgan fingerprint density at radius 1 is 1.00 bits per heavy atom. The first-order valence-electron chi connectivity index (χ1n) is 11.0. The number of guanidine groups is 1. The van der Waals surface area contributed by atoms with E-state index in [1.807, 2.05) is 0 Å². The fraction of sp³-hybridized carbons (Fsp3) is 0.0741. The highest BCUT2D eigenvalue weighted by atomic mass is 35.5. The molecule has 0 saturated carbocycles. The highest BCUT2D eigenvalue weighted by Gasteiger charge is 2.25. The lowest BCUT2D eigenvalue weighted by atomic mass is 9.95. The molecule has 38 heavy (non-hydrogen) atoms. The number of rotatable bonds is 4. The molecule has 5 rings (SSSR count). The van der Waals surface area contributed by atoms with Crippen LogP contribution in [0.3, 0.4) is 0 Å². The van der Waals surface area contributed by atoms with Crippen LogP contribution in [0.4, 0.5) is 20.4 Å². The zero-order valence-electron chi connectivity index (χ0n) is 19.0. The average molecular weight is 534 g/mol. The Morgan fingerprint density at radius 3 is 2.39 bits per heavy atom. The van der Waals surface area contributed by atoms with Gasteiger partial charge in [0.05, 0.1) is 23.5 Å². The molecule has 1 aliphatic rings. The number of hydrogen-bond acceptors (Lipinski definition) is 5. The number of aromatic nitrogens is 2. The van der Waals surface area contributed by atoms with Gasteiger partial charge in [-0.05, 0) is 48.5 Å². The predicted molar refractivity (Wildman–Crippen MR) is 145 cm³/mol. The fourth-order valence-corrected chi connectivity index (χ4v) is 4.10. The second-order valence-electron chi connectivity index (χ2n) is 8.06. The summed E-state index contributed by atoms with van der Waals surface area (Å²) in [7, 11) is 0. The number of halogens is 3. The fourth-order valence-electron chi connectivity index (χ4n) is 3.93. The standard InChI is InChI=1S/C26H18ClF2N7O.CH4/c27-15-6-9-17-18(10-15)23(21-19(28)2-1-3-20(21)29)32-11-14-12-33-26(35-22(14)17)34-16-7-4-13(5-8-16)24(37)36-25(30)31;/h1-10,12H,11H2,(H,33,34,35)(H4,30,31,36,37);1H4. The molecule has 5 N–H and O–H groups in total. The third-order valence-corrected chi connectivity index (χ3v) is 5.82. The number of fused-ring (bicyclic) bond motifs is 3. The highest BCUT2D eigenvalue weighted by Crippen LogP contribution is 2.34. The maximum Gasteiger partial charge on any atom is 0.280 e. The van der Waals surface area contributed by atoms with Crippen molar-refractivity contribution in [3.8, 4) is 11.3 Å². The predicted octanol–water partition coefficient (Wildman–Crippen LogP) is 5.22. The van der Waals surface area contributed by atoms with Gasteiger partial charge in [0.25, 0.3) is 5.91 Å². The van der Waals surface area contributed by atoms with Crippen LogP contribution in [0, 0.1) is 11.6 Å². The molecule has 0 aliphatic carbocycles. The van der Waals surface area contributed by atoms with Gasteiger partial charge in [0.15, 0.2) is 5.96 Å². The molecule has 11 heteroatoms. The molecular formula is C27H22ClF2N7O. The van der Waals surface area contributed by atoms with Crippen molar-refractivity contribution in [3.63, 3.8) is 0 Å². The van der Waals surface area contributed by atoms with Crippen molar-refractivity contribution in [1.82, 2.24) is 9.97 Å². The molecule has 0 saturated heterocycles. The second-order valence-corrected chi connectivity index (χ2v) is 8.50. The van der Waals surface area contributed by atoms with E-state index in [1.54, 1.807) is 48.7 Å². The van der Waals surface area contributed by atoms with E-state index in [4.69, 9.17) is 23.1 Å². The van der Waals surface area contributed by atoms with Crippen LogP contribution in [-0.2, 0) is 6.54 Å². The number of anilines is 2. The Morgan fingerprint density at radius 2 is 1.71 bits per heavy atom. The molecule has 0 bridgehead atoms. The van der Waals surface area contributed by atoms with E-state index >= 15 is 0 Å². The second kappa shape index (κ2) is 10.7. The topological polar surface area (TPSA) is 132 Å². The van der Waals surface area contributed by atoms with E-state index in [2.05, 4.69) is 25.3 Å². The van der Waals surface area contributed by atoms with E-state index < -0.39 is 17.5 Å². The van der Waals surface area contributed by atoms with Gasteiger partial charge in [0.2, 0.25) is 5.95 Å². The summed E-state index contributed by atoms with van der Waals surface area (Å²) >= 11 is 6.26. The molecule has 1 amide bonds. The van der Waals surface area contributed by atoms with Gasteiger partial charge < -0.3 is 16.8 Å². The summed E-state index contributed by atoms with van der Waals surface area (Å²) in [5, 5.41) is 3.47. The van der Waals surface area contributed by atoms with Crippen LogP contribution >= 0.6 is 11.6 Å². The number of carbonyl (C=O) groups is 1. The lowest BCUT2D eigenvalue weighted by Crippen LogP contribution is -2.24. The molecule has 0 radical (unpaired) electrons. The number of amides is 1. The summed E-state index contributed by atoms with van der Waals surface area (Å²) in [5.41, 5.74) is 13.6. The maximum absolute atomic E-state index is 14.7. The number of hydrogen-bond donors (Lipinski definition) is 3. The van der Waals surface area contributed by atoms with Gasteiger partial charge in [-0.15, -0.1) is 0 Å². The van der Waals surface area contributed by atoms with Crippen LogP contribution in [0.5, 0.6) is 0 Å². The molecule has 8 nitrogen and oxygen atoms in total. The van der Waals surface area contributed by atoms with E-state index in [0.29, 0.717) is 38.7 Å². The van der Waals surface area contributed by atoms with E-state index in [-0.39, 0.29) is 37.2 Å². The van der Waals surface area contributed by atoms with Crippen molar-refractivity contribution in [3.05, 3.63) is 106 Å². The Kier molecular flexibility index (Phi) is 7.45. The van der Waals surface area contributed by atoms with Crippen molar-refractivity contribution >= 4 is 40.8 Å². The summed E-state index contributed by atoms with van der Waals surface area (Å²) in [6, 6.07) is 15.1. The summed E-state index contributed by atoms with van der Waals surface area (Å²) in [6.07, 6.45) is 1.60. The van der Waals surface area contributed by atoms with Crippen LogP contribution < -0.4 is 16.8 Å². The zero-order valence-corrected chi connectivity index (χ0v) is 19.8. The first kappa shape index (κ1) is 26.4. The molecular weight excluding hydrogens is 512 g/mol. The van der Waals surface area contributed by atoms with Crippen molar-refractivity contribution in [2.45, 2.75) is 14.0 Å². The van der Waals surface area contributed by atoms with Gasteiger partial charge in [0.1, 0.15) is 11.6 Å². The molecule has 2 heterocycles. The molecule has 0 unspecified atom stereocenters. The van der Waals surface area contributed by atoms with Gasteiger partial charge in [-0.2, -0.15) is 4.99 Å². The maximum atomic E-state index is 14.7. The third-order valence-electron chi connectivity index (χ3n) is 5.58. The van der Waals surface area contributed by atoms with Gasteiger partial charge >= 0.3 is 0 Å². The summed E-state index contributed by atoms with van der Waals surface area (Å²) in [5.74, 6) is -2.08. The van der Waals surface area contributed by atoms with Crippen LogP contribution in [-0.4, -0.2) is 27.5 Å². The molecule has 192 valence electrons. The lowest BCUT2D eigenvalue weighted by Gasteiger charge is -2.13. The molecule has 0 fully saturated rings. The molecule has 0 atom stereocenters. The number of nitrogens with zero attached hydrogens (tertiary/aromatic N) is 4. The monoisotopic (exact) mass is 533 g/mol. The average Bonchev–Trinajstić information content (AvgIpc) is 3.01. The third kappa shape index (κ3) is 5.21. The quantitative estimate of drug-likeness (QED) is 0.243. The van der Waals surface area contributed by atoms with Crippen LogP contribution in [0.15, 0.2) is 76.8 Å². The Balaban J connectivity index is 0.00000336. The van der Waals surface area contributed by atoms with E-state index in [9.17, 15) is 13.6 Å².